The number of hydrogen-bond acceptors (Lipinski definition) is 6. The van der Waals surface area contributed by atoms with Crippen LogP contribution in [0.25, 0.3) is 0 Å². The van der Waals surface area contributed by atoms with Crippen molar-refractivity contribution < 1.29 is 28.6 Å². The smallest absolute Gasteiger partial charge is 0.306 e. The van der Waals surface area contributed by atoms with Crippen LogP contribution in [0.3, 0.4) is 0 Å². The van der Waals surface area contributed by atoms with E-state index < -0.39 is 6.10 Å². The molecule has 0 aliphatic heterocycles. The van der Waals surface area contributed by atoms with E-state index in [1.54, 1.807) is 0 Å². The summed E-state index contributed by atoms with van der Waals surface area (Å²) < 4.78 is 16.7. The Morgan fingerprint density at radius 1 is 0.333 bits per heavy atom. The van der Waals surface area contributed by atoms with Crippen LogP contribution in [0.1, 0.15) is 239 Å². The van der Waals surface area contributed by atoms with Crippen molar-refractivity contribution >= 4 is 17.9 Å². The van der Waals surface area contributed by atoms with Crippen LogP contribution in [-0.4, -0.2) is 37.2 Å². The summed E-state index contributed by atoms with van der Waals surface area (Å²) in [5, 5.41) is 0. The maximum Gasteiger partial charge on any atom is 0.306 e. The lowest BCUT2D eigenvalue weighted by Gasteiger charge is -2.18. The Kier molecular flexibility index (Phi) is 48.5. The largest absolute Gasteiger partial charge is 0.462 e. The standard InChI is InChI=1S/C57H96O6/c1-4-7-10-13-16-19-22-25-27-28-29-30-31-33-35-38-41-44-47-50-56(59)62-53-54(52-61-55(58)49-46-43-40-37-34-24-21-18-15-12-9-6-3)63-57(60)51-48-45-42-39-36-32-26-23-20-17-14-11-8-5-2/h7,10,16,19,23,25-27,29-30,33,35,41,44,54H,4-6,8-9,11-15,17-18,20-22,24,28,31-32,34,36-40,42-43,45-53H2,1-3H3/b10-7-,19-16-,26-23-,27-25-,30-29-,35-33-,44-41-/t54-/m1/s1. The van der Waals surface area contributed by atoms with Crippen LogP contribution in [0.4, 0.5) is 0 Å². The molecule has 360 valence electrons. The number of carbonyl (C=O) groups is 3. The van der Waals surface area contributed by atoms with Gasteiger partial charge in [-0.25, -0.2) is 0 Å². The summed E-state index contributed by atoms with van der Waals surface area (Å²) >= 11 is 0. The van der Waals surface area contributed by atoms with Gasteiger partial charge in [-0.1, -0.05) is 221 Å². The van der Waals surface area contributed by atoms with E-state index in [4.69, 9.17) is 14.2 Å². The Morgan fingerprint density at radius 2 is 0.651 bits per heavy atom. The molecule has 0 radical (unpaired) electrons. The van der Waals surface area contributed by atoms with Gasteiger partial charge in [-0.15, -0.1) is 0 Å². The van der Waals surface area contributed by atoms with Crippen molar-refractivity contribution in [3.63, 3.8) is 0 Å². The summed E-state index contributed by atoms with van der Waals surface area (Å²) in [5.41, 5.74) is 0. The van der Waals surface area contributed by atoms with Gasteiger partial charge in [0.1, 0.15) is 13.2 Å². The van der Waals surface area contributed by atoms with Gasteiger partial charge in [0.2, 0.25) is 0 Å². The maximum atomic E-state index is 12.8. The summed E-state index contributed by atoms with van der Waals surface area (Å²) in [6.07, 6.45) is 65.8. The van der Waals surface area contributed by atoms with Gasteiger partial charge in [-0.05, 0) is 83.5 Å². The number of esters is 3. The van der Waals surface area contributed by atoms with E-state index in [-0.39, 0.29) is 37.5 Å². The molecule has 0 spiro atoms. The minimum Gasteiger partial charge on any atom is -0.462 e. The Morgan fingerprint density at radius 3 is 1.06 bits per heavy atom. The highest BCUT2D eigenvalue weighted by molar-refractivity contribution is 5.71. The molecule has 0 aliphatic rings. The molecular formula is C57H96O6. The molecule has 63 heavy (non-hydrogen) atoms. The number of ether oxygens (including phenoxy) is 3. The monoisotopic (exact) mass is 877 g/mol. The van der Waals surface area contributed by atoms with Crippen LogP contribution in [0.15, 0.2) is 85.1 Å². The second-order valence-corrected chi connectivity index (χ2v) is 17.1. The van der Waals surface area contributed by atoms with Crippen molar-refractivity contribution in [3.05, 3.63) is 85.1 Å². The van der Waals surface area contributed by atoms with Crippen LogP contribution >= 0.6 is 0 Å². The molecule has 0 bridgehead atoms. The van der Waals surface area contributed by atoms with Crippen LogP contribution in [0.5, 0.6) is 0 Å². The van der Waals surface area contributed by atoms with Crippen molar-refractivity contribution in [2.75, 3.05) is 13.2 Å². The molecular weight excluding hydrogens is 781 g/mol. The van der Waals surface area contributed by atoms with E-state index in [0.717, 1.165) is 89.9 Å². The summed E-state index contributed by atoms with van der Waals surface area (Å²) in [6.45, 7) is 6.44. The quantitative estimate of drug-likeness (QED) is 0.0262. The first kappa shape index (κ1) is 59.6. The minimum absolute atomic E-state index is 0.102. The predicted molar refractivity (Wildman–Crippen MR) is 270 cm³/mol. The summed E-state index contributed by atoms with van der Waals surface area (Å²) in [5.74, 6) is -0.998. The summed E-state index contributed by atoms with van der Waals surface area (Å²) in [6, 6.07) is 0. The van der Waals surface area contributed by atoms with Crippen LogP contribution < -0.4 is 0 Å². The Labute approximate surface area is 388 Å². The summed E-state index contributed by atoms with van der Waals surface area (Å²) in [4.78, 5) is 37.9. The highest BCUT2D eigenvalue weighted by Crippen LogP contribution is 2.14. The van der Waals surface area contributed by atoms with Gasteiger partial charge in [0.05, 0.1) is 0 Å². The van der Waals surface area contributed by atoms with Crippen molar-refractivity contribution in [1.29, 1.82) is 0 Å². The molecule has 0 heterocycles. The lowest BCUT2D eigenvalue weighted by molar-refractivity contribution is -0.166. The molecule has 0 aromatic carbocycles. The molecule has 0 aromatic rings. The normalized spacial score (nSPS) is 12.7. The lowest BCUT2D eigenvalue weighted by Crippen LogP contribution is -2.30. The van der Waals surface area contributed by atoms with Crippen molar-refractivity contribution in [2.45, 2.75) is 245 Å². The lowest BCUT2D eigenvalue weighted by atomic mass is 10.0. The zero-order valence-electron chi connectivity index (χ0n) is 41.1. The number of carbonyl (C=O) groups excluding carboxylic acids is 3. The van der Waals surface area contributed by atoms with Gasteiger partial charge in [0.25, 0.3) is 0 Å². The first-order chi connectivity index (χ1) is 31.0. The van der Waals surface area contributed by atoms with Crippen molar-refractivity contribution in [3.8, 4) is 0 Å². The highest BCUT2D eigenvalue weighted by atomic mass is 16.6. The zero-order chi connectivity index (χ0) is 45.8. The Bertz CT molecular complexity index is 1240. The van der Waals surface area contributed by atoms with E-state index in [9.17, 15) is 14.4 Å². The zero-order valence-corrected chi connectivity index (χ0v) is 41.1. The topological polar surface area (TPSA) is 78.9 Å². The van der Waals surface area contributed by atoms with Gasteiger partial charge in [0, 0.05) is 19.3 Å². The molecule has 6 heteroatoms. The fraction of sp³-hybridized carbons (Fsp3) is 0.702. The predicted octanol–water partition coefficient (Wildman–Crippen LogP) is 17.2. The molecule has 0 N–H and O–H groups in total. The average Bonchev–Trinajstić information content (AvgIpc) is 3.28. The second kappa shape index (κ2) is 51.2. The first-order valence-electron chi connectivity index (χ1n) is 26.1. The van der Waals surface area contributed by atoms with E-state index in [0.29, 0.717) is 19.3 Å². The molecule has 0 aromatic heterocycles. The van der Waals surface area contributed by atoms with Gasteiger partial charge < -0.3 is 14.2 Å². The third-order valence-electron chi connectivity index (χ3n) is 10.9. The molecule has 0 unspecified atom stereocenters. The Balaban J connectivity index is 4.50. The van der Waals surface area contributed by atoms with E-state index in [1.807, 2.05) is 6.08 Å². The second-order valence-electron chi connectivity index (χ2n) is 17.1. The van der Waals surface area contributed by atoms with Crippen LogP contribution in [0, 0.1) is 0 Å². The van der Waals surface area contributed by atoms with E-state index in [2.05, 4.69) is 99.8 Å². The van der Waals surface area contributed by atoms with Crippen molar-refractivity contribution in [1.82, 2.24) is 0 Å². The fourth-order valence-electron chi connectivity index (χ4n) is 6.99. The SMILES string of the molecule is CC/C=C\C/C=C\C/C=C\C/C=C\C/C=C\C/C=C\CCC(=O)OC[C@@H](COC(=O)CCCCCCCCCCCCCC)OC(=O)CCCCCCC/C=C\CCCCCCC. The summed E-state index contributed by atoms with van der Waals surface area (Å²) in [7, 11) is 0. The highest BCUT2D eigenvalue weighted by Gasteiger charge is 2.19. The third-order valence-corrected chi connectivity index (χ3v) is 10.9. The molecule has 0 fully saturated rings. The first-order valence-corrected chi connectivity index (χ1v) is 26.1. The number of unbranched alkanes of at least 4 members (excludes halogenated alkanes) is 21. The molecule has 0 rings (SSSR count). The molecule has 0 amide bonds. The van der Waals surface area contributed by atoms with E-state index in [1.165, 1.54) is 103 Å². The van der Waals surface area contributed by atoms with Crippen molar-refractivity contribution in [2.24, 2.45) is 0 Å². The molecule has 0 aliphatic carbocycles. The molecule has 0 saturated heterocycles. The van der Waals surface area contributed by atoms with Crippen LogP contribution in [0.2, 0.25) is 0 Å². The molecule has 0 saturated carbocycles. The Hall–Kier alpha value is -3.41. The van der Waals surface area contributed by atoms with E-state index >= 15 is 0 Å². The molecule has 1 atom stereocenters. The minimum atomic E-state index is -0.809. The average molecular weight is 877 g/mol. The number of rotatable bonds is 46. The fourth-order valence-corrected chi connectivity index (χ4v) is 6.99. The van der Waals surface area contributed by atoms with Crippen LogP contribution in [-0.2, 0) is 28.6 Å². The molecule has 6 nitrogen and oxygen atoms in total. The number of hydrogen-bond donors (Lipinski definition) is 0. The van der Waals surface area contributed by atoms with Gasteiger partial charge in [0.15, 0.2) is 6.10 Å². The van der Waals surface area contributed by atoms with Gasteiger partial charge >= 0.3 is 17.9 Å². The maximum absolute atomic E-state index is 12.8. The van der Waals surface area contributed by atoms with Gasteiger partial charge in [-0.3, -0.25) is 14.4 Å². The third kappa shape index (κ3) is 49.5. The number of allylic oxidation sites excluding steroid dienone is 14. The van der Waals surface area contributed by atoms with Gasteiger partial charge in [-0.2, -0.15) is 0 Å².